The molecule has 0 aliphatic heterocycles. The second-order valence-electron chi connectivity index (χ2n) is 10.1. The van der Waals surface area contributed by atoms with Crippen molar-refractivity contribution in [1.29, 1.82) is 0 Å². The molecule has 6 N–H and O–H groups in total. The number of ketones is 2. The molecular formula is C27H27N3O7. The standard InChI is InChI=1S/C27H27N3O7/c1-11-5-4-6-16(29-11)13-7-8-17(31)19-14(13)9-12-10-15-21(30(2)3)23(33)20(26(28)36)25(35)27(15,37)24(34)18(12)22(19)32/h4-8,12,15,21,31-32,35,37H,9-10H2,1-3H3,(H2,28,36)/t12-,15-,21?,27+/m1/s1. The molecular weight excluding hydrogens is 478 g/mol. The molecule has 3 aliphatic carbocycles. The average Bonchev–Trinajstić information content (AvgIpc) is 2.81. The highest BCUT2D eigenvalue weighted by atomic mass is 16.3. The number of carbonyl (C=O) groups is 3. The Morgan fingerprint density at radius 1 is 1.14 bits per heavy atom. The van der Waals surface area contributed by atoms with Crippen LogP contribution in [-0.4, -0.2) is 73.5 Å². The van der Waals surface area contributed by atoms with Gasteiger partial charge in [0.15, 0.2) is 11.4 Å². The topological polar surface area (TPSA) is 174 Å². The van der Waals surface area contributed by atoms with Crippen LogP contribution in [0.3, 0.4) is 0 Å². The molecule has 192 valence electrons. The van der Waals surface area contributed by atoms with Crippen molar-refractivity contribution < 1.29 is 34.8 Å². The minimum absolute atomic E-state index is 0.0299. The number of phenols is 1. The van der Waals surface area contributed by atoms with Crippen molar-refractivity contribution in [1.82, 2.24) is 9.88 Å². The van der Waals surface area contributed by atoms with Crippen molar-refractivity contribution >= 4 is 23.2 Å². The van der Waals surface area contributed by atoms with E-state index in [1.165, 1.54) is 11.0 Å². The van der Waals surface area contributed by atoms with Crippen LogP contribution < -0.4 is 5.73 Å². The van der Waals surface area contributed by atoms with Gasteiger partial charge in [-0.25, -0.2) is 0 Å². The second-order valence-corrected chi connectivity index (χ2v) is 10.1. The molecule has 5 rings (SSSR count). The number of aliphatic hydroxyl groups excluding tert-OH is 2. The van der Waals surface area contributed by atoms with Crippen LogP contribution in [0.4, 0.5) is 0 Å². The summed E-state index contributed by atoms with van der Waals surface area (Å²) in [7, 11) is 3.12. The molecule has 1 unspecified atom stereocenters. The summed E-state index contributed by atoms with van der Waals surface area (Å²) < 4.78 is 0. The summed E-state index contributed by atoms with van der Waals surface area (Å²) in [4.78, 5) is 45.1. The third-order valence-electron chi connectivity index (χ3n) is 7.77. The van der Waals surface area contributed by atoms with Gasteiger partial charge < -0.3 is 26.2 Å². The first-order valence-electron chi connectivity index (χ1n) is 11.8. The van der Waals surface area contributed by atoms with Gasteiger partial charge in [-0.2, -0.15) is 0 Å². The summed E-state index contributed by atoms with van der Waals surface area (Å²) in [5, 5.41) is 44.6. The number of benzene rings is 1. The number of likely N-dealkylation sites (N-methyl/N-ethyl adjacent to an activating group) is 1. The van der Waals surface area contributed by atoms with Gasteiger partial charge in [-0.1, -0.05) is 6.07 Å². The van der Waals surface area contributed by atoms with Crippen LogP contribution in [0.15, 0.2) is 47.2 Å². The maximum Gasteiger partial charge on any atom is 0.255 e. The number of carbonyl (C=O) groups excluding carboxylic acids is 3. The van der Waals surface area contributed by atoms with Crippen molar-refractivity contribution in [2.45, 2.75) is 31.4 Å². The predicted molar refractivity (Wildman–Crippen MR) is 132 cm³/mol. The molecule has 0 spiro atoms. The Balaban J connectivity index is 1.75. The Labute approximate surface area is 212 Å². The zero-order chi connectivity index (χ0) is 27.0. The van der Waals surface area contributed by atoms with Gasteiger partial charge in [-0.05, 0) is 69.6 Å². The first-order chi connectivity index (χ1) is 17.4. The maximum absolute atomic E-state index is 13.9. The minimum atomic E-state index is -2.66. The third-order valence-corrected chi connectivity index (χ3v) is 7.77. The molecule has 1 saturated carbocycles. The molecule has 1 heterocycles. The van der Waals surface area contributed by atoms with E-state index in [4.69, 9.17) is 5.73 Å². The third kappa shape index (κ3) is 3.32. The Kier molecular flexibility index (Phi) is 5.50. The minimum Gasteiger partial charge on any atom is -0.508 e. The molecule has 37 heavy (non-hydrogen) atoms. The summed E-state index contributed by atoms with van der Waals surface area (Å²) in [6, 6.07) is 7.44. The van der Waals surface area contributed by atoms with Crippen LogP contribution in [0.5, 0.6) is 5.75 Å². The second kappa shape index (κ2) is 8.25. The molecule has 4 atom stereocenters. The molecule has 2 aromatic rings. The van der Waals surface area contributed by atoms with Crippen LogP contribution >= 0.6 is 0 Å². The quantitative estimate of drug-likeness (QED) is 0.386. The predicted octanol–water partition coefficient (Wildman–Crippen LogP) is 1.33. The lowest BCUT2D eigenvalue weighted by atomic mass is 9.57. The lowest BCUT2D eigenvalue weighted by molar-refractivity contribution is -0.153. The van der Waals surface area contributed by atoms with E-state index in [-0.39, 0.29) is 29.7 Å². The zero-order valence-corrected chi connectivity index (χ0v) is 20.5. The fraction of sp³-hybridized carbons (Fsp3) is 0.333. The van der Waals surface area contributed by atoms with Gasteiger partial charge in [-0.3, -0.25) is 24.3 Å². The summed E-state index contributed by atoms with van der Waals surface area (Å²) in [5.41, 5.74) is 4.34. The Morgan fingerprint density at radius 3 is 2.46 bits per heavy atom. The van der Waals surface area contributed by atoms with Crippen LogP contribution in [0.25, 0.3) is 17.0 Å². The monoisotopic (exact) mass is 505 g/mol. The number of aromatic nitrogens is 1. The number of rotatable bonds is 3. The van der Waals surface area contributed by atoms with E-state index in [2.05, 4.69) is 4.98 Å². The van der Waals surface area contributed by atoms with Crippen LogP contribution in [0, 0.1) is 18.8 Å². The molecule has 1 aromatic heterocycles. The number of primary amides is 1. The maximum atomic E-state index is 13.9. The van der Waals surface area contributed by atoms with Gasteiger partial charge in [0.1, 0.15) is 22.8 Å². The Morgan fingerprint density at radius 2 is 1.84 bits per heavy atom. The summed E-state index contributed by atoms with van der Waals surface area (Å²) in [6.07, 6.45) is 0.232. The van der Waals surface area contributed by atoms with Crippen LogP contribution in [0.2, 0.25) is 0 Å². The lowest BCUT2D eigenvalue weighted by Crippen LogP contribution is -2.65. The highest BCUT2D eigenvalue weighted by Crippen LogP contribution is 2.53. The normalized spacial score (nSPS) is 27.2. The van der Waals surface area contributed by atoms with E-state index >= 15 is 0 Å². The molecule has 10 heteroatoms. The van der Waals surface area contributed by atoms with Gasteiger partial charge >= 0.3 is 0 Å². The fourth-order valence-electron chi connectivity index (χ4n) is 6.18. The van der Waals surface area contributed by atoms with E-state index in [0.29, 0.717) is 16.8 Å². The van der Waals surface area contributed by atoms with Crippen molar-refractivity contribution in [2.24, 2.45) is 17.6 Å². The number of aromatic hydroxyl groups is 1. The van der Waals surface area contributed by atoms with E-state index in [0.717, 1.165) is 5.69 Å². The van der Waals surface area contributed by atoms with Gasteiger partial charge in [-0.15, -0.1) is 0 Å². The number of amides is 1. The van der Waals surface area contributed by atoms with Gasteiger partial charge in [0, 0.05) is 22.7 Å². The number of fused-ring (bicyclic) bond motifs is 3. The van der Waals surface area contributed by atoms with Gasteiger partial charge in [0.05, 0.1) is 17.3 Å². The summed E-state index contributed by atoms with van der Waals surface area (Å²) in [6.45, 7) is 1.84. The van der Waals surface area contributed by atoms with Crippen LogP contribution in [0.1, 0.15) is 23.2 Å². The molecule has 10 nitrogen and oxygen atoms in total. The van der Waals surface area contributed by atoms with E-state index in [9.17, 15) is 34.8 Å². The first kappa shape index (κ1) is 24.7. The van der Waals surface area contributed by atoms with Gasteiger partial charge in [0.2, 0.25) is 5.78 Å². The van der Waals surface area contributed by atoms with Crippen molar-refractivity contribution in [3.05, 3.63) is 64.1 Å². The molecule has 1 amide bonds. The first-order valence-corrected chi connectivity index (χ1v) is 11.8. The number of Topliss-reactive ketones (excluding diaryl/α,β-unsaturated/α-hetero) is 2. The number of aryl methyl sites for hydroxylation is 1. The highest BCUT2D eigenvalue weighted by molar-refractivity contribution is 6.24. The average molecular weight is 506 g/mol. The number of nitrogens with two attached hydrogens (primary N) is 1. The van der Waals surface area contributed by atoms with Gasteiger partial charge in [0.25, 0.3) is 5.91 Å². The molecule has 1 aromatic carbocycles. The van der Waals surface area contributed by atoms with E-state index in [1.807, 2.05) is 19.1 Å². The SMILES string of the molecule is Cc1cccc(-c2ccc(O)c3c2C[C@@H]2C[C@@H]4C(N(C)C)C(=O)C(C(N)=O)=C(O)[C@@]4(O)C(=O)C2=C3O)n1. The highest BCUT2D eigenvalue weighted by Gasteiger charge is 2.64. The molecule has 0 bridgehead atoms. The van der Waals surface area contributed by atoms with Crippen LogP contribution in [-0.2, 0) is 20.8 Å². The fourth-order valence-corrected chi connectivity index (χ4v) is 6.18. The zero-order valence-electron chi connectivity index (χ0n) is 20.5. The molecule has 3 aliphatic rings. The number of hydrogen-bond donors (Lipinski definition) is 5. The van der Waals surface area contributed by atoms with Crippen molar-refractivity contribution in [3.8, 4) is 17.0 Å². The Bertz CT molecular complexity index is 1460. The van der Waals surface area contributed by atoms with Crippen molar-refractivity contribution in [2.75, 3.05) is 14.1 Å². The Hall–Kier alpha value is -4.02. The lowest BCUT2D eigenvalue weighted by Gasteiger charge is -2.50. The summed E-state index contributed by atoms with van der Waals surface area (Å²) in [5.74, 6) is -6.75. The number of nitrogens with zero attached hydrogens (tertiary/aromatic N) is 2. The number of aliphatic hydroxyl groups is 3. The molecule has 0 radical (unpaired) electrons. The summed E-state index contributed by atoms with van der Waals surface area (Å²) >= 11 is 0. The number of pyridine rings is 1. The number of hydrogen-bond acceptors (Lipinski definition) is 9. The molecule has 1 fully saturated rings. The smallest absolute Gasteiger partial charge is 0.255 e. The van der Waals surface area contributed by atoms with E-state index < -0.39 is 58.0 Å². The van der Waals surface area contributed by atoms with Crippen molar-refractivity contribution in [3.63, 3.8) is 0 Å². The molecule has 0 saturated heterocycles. The largest absolute Gasteiger partial charge is 0.508 e. The van der Waals surface area contributed by atoms with E-state index in [1.54, 1.807) is 26.2 Å². The number of phenolic OH excluding ortho intramolecular Hbond substituents is 1.